The molecule has 4 nitrogen and oxygen atoms in total. The Hall–Kier alpha value is -1.10. The molecule has 1 aliphatic rings. The number of piperidine rings is 1. The predicted molar refractivity (Wildman–Crippen MR) is 91.4 cm³/mol. The topological polar surface area (TPSA) is 44.7 Å². The quantitative estimate of drug-likeness (QED) is 0.813. The zero-order valence-electron chi connectivity index (χ0n) is 14.1. The lowest BCUT2D eigenvalue weighted by molar-refractivity contribution is 0.145. The maximum absolute atomic E-state index is 9.59. The van der Waals surface area contributed by atoms with Gasteiger partial charge in [-0.15, -0.1) is 0 Å². The van der Waals surface area contributed by atoms with Crippen molar-refractivity contribution in [3.05, 3.63) is 29.8 Å². The molecule has 1 aromatic rings. The van der Waals surface area contributed by atoms with Crippen molar-refractivity contribution in [3.8, 4) is 0 Å². The molecule has 0 aliphatic carbocycles. The maximum Gasteiger partial charge on any atom is 0.0574 e. The van der Waals surface area contributed by atoms with Crippen LogP contribution in [0.4, 0.5) is 5.69 Å². The van der Waals surface area contributed by atoms with Gasteiger partial charge in [0.05, 0.1) is 6.10 Å². The van der Waals surface area contributed by atoms with E-state index in [9.17, 15) is 5.11 Å². The Morgan fingerprint density at radius 2 is 1.86 bits per heavy atom. The molecule has 124 valence electrons. The second kappa shape index (κ2) is 8.51. The van der Waals surface area contributed by atoms with Crippen molar-refractivity contribution in [1.29, 1.82) is 0 Å². The van der Waals surface area contributed by atoms with Crippen LogP contribution in [0.25, 0.3) is 0 Å². The zero-order chi connectivity index (χ0) is 15.9. The molecular formula is C18H30N2O2. The lowest BCUT2D eigenvalue weighted by Gasteiger charge is -2.31. The molecule has 2 atom stereocenters. The number of rotatable bonds is 7. The summed E-state index contributed by atoms with van der Waals surface area (Å²) >= 11 is 0. The molecule has 0 aromatic heterocycles. The molecule has 2 N–H and O–H groups in total. The fourth-order valence-corrected chi connectivity index (χ4v) is 3.00. The van der Waals surface area contributed by atoms with Gasteiger partial charge in [-0.25, -0.2) is 0 Å². The van der Waals surface area contributed by atoms with Crippen molar-refractivity contribution in [2.75, 3.05) is 31.7 Å². The van der Waals surface area contributed by atoms with Crippen LogP contribution in [0, 0.1) is 0 Å². The van der Waals surface area contributed by atoms with Crippen molar-refractivity contribution in [2.24, 2.45) is 0 Å². The predicted octanol–water partition coefficient (Wildman–Crippen LogP) is 2.72. The number of hydrogen-bond acceptors (Lipinski definition) is 4. The van der Waals surface area contributed by atoms with E-state index in [2.05, 4.69) is 48.3 Å². The SMILES string of the molecule is COCCC(C)NC(C)c1ccc(N2CCC(O)CC2)cc1. The molecule has 2 rings (SSSR count). The van der Waals surface area contributed by atoms with Crippen LogP contribution < -0.4 is 10.2 Å². The van der Waals surface area contributed by atoms with Gasteiger partial charge in [0.25, 0.3) is 0 Å². The van der Waals surface area contributed by atoms with Gasteiger partial charge in [-0.3, -0.25) is 0 Å². The molecule has 0 saturated carbocycles. The summed E-state index contributed by atoms with van der Waals surface area (Å²) in [6.07, 6.45) is 2.65. The van der Waals surface area contributed by atoms with Crippen molar-refractivity contribution < 1.29 is 9.84 Å². The second-order valence-corrected chi connectivity index (χ2v) is 6.38. The summed E-state index contributed by atoms with van der Waals surface area (Å²) in [5.74, 6) is 0. The van der Waals surface area contributed by atoms with Crippen LogP contribution in [-0.2, 0) is 4.74 Å². The highest BCUT2D eigenvalue weighted by Crippen LogP contribution is 2.23. The molecule has 0 bridgehead atoms. The molecule has 1 aliphatic heterocycles. The maximum atomic E-state index is 9.59. The van der Waals surface area contributed by atoms with Crippen LogP contribution in [0.15, 0.2) is 24.3 Å². The fraction of sp³-hybridized carbons (Fsp3) is 0.667. The van der Waals surface area contributed by atoms with Crippen molar-refractivity contribution in [3.63, 3.8) is 0 Å². The molecule has 2 unspecified atom stereocenters. The highest BCUT2D eigenvalue weighted by Gasteiger charge is 2.17. The third-order valence-electron chi connectivity index (χ3n) is 4.51. The van der Waals surface area contributed by atoms with Gasteiger partial charge >= 0.3 is 0 Å². The molecule has 1 aromatic carbocycles. The lowest BCUT2D eigenvalue weighted by Crippen LogP contribution is -2.35. The molecule has 0 spiro atoms. The largest absolute Gasteiger partial charge is 0.393 e. The number of benzene rings is 1. The van der Waals surface area contributed by atoms with Gasteiger partial charge in [-0.1, -0.05) is 12.1 Å². The normalized spacial score (nSPS) is 19.2. The van der Waals surface area contributed by atoms with Crippen LogP contribution >= 0.6 is 0 Å². The van der Waals surface area contributed by atoms with Gasteiger partial charge in [0.15, 0.2) is 0 Å². The van der Waals surface area contributed by atoms with Crippen LogP contribution in [0.2, 0.25) is 0 Å². The summed E-state index contributed by atoms with van der Waals surface area (Å²) < 4.78 is 5.13. The third-order valence-corrected chi connectivity index (χ3v) is 4.51. The first kappa shape index (κ1) is 17.3. The average Bonchev–Trinajstić information content (AvgIpc) is 2.54. The number of aliphatic hydroxyl groups excluding tert-OH is 1. The van der Waals surface area contributed by atoms with Crippen molar-refractivity contribution >= 4 is 5.69 Å². The summed E-state index contributed by atoms with van der Waals surface area (Å²) in [4.78, 5) is 2.36. The number of aliphatic hydroxyl groups is 1. The van der Waals surface area contributed by atoms with Gasteiger partial charge in [-0.05, 0) is 50.8 Å². The van der Waals surface area contributed by atoms with Crippen LogP contribution in [0.1, 0.15) is 44.7 Å². The fourth-order valence-electron chi connectivity index (χ4n) is 3.00. The lowest BCUT2D eigenvalue weighted by atomic mass is 10.0. The summed E-state index contributed by atoms with van der Waals surface area (Å²) in [5, 5.41) is 13.2. The number of methoxy groups -OCH3 is 1. The van der Waals surface area contributed by atoms with Gasteiger partial charge in [-0.2, -0.15) is 0 Å². The average molecular weight is 306 g/mol. The first-order valence-corrected chi connectivity index (χ1v) is 8.38. The molecule has 0 amide bonds. The Bertz CT molecular complexity index is 427. The molecule has 1 fully saturated rings. The van der Waals surface area contributed by atoms with Gasteiger partial charge < -0.3 is 20.1 Å². The number of ether oxygens (including phenoxy) is 1. The Balaban J connectivity index is 1.88. The first-order valence-electron chi connectivity index (χ1n) is 8.38. The van der Waals surface area contributed by atoms with E-state index in [0.717, 1.165) is 39.0 Å². The highest BCUT2D eigenvalue weighted by molar-refractivity contribution is 5.48. The molecule has 1 heterocycles. The number of anilines is 1. The van der Waals surface area contributed by atoms with Crippen LogP contribution in [-0.4, -0.2) is 44.1 Å². The van der Waals surface area contributed by atoms with Gasteiger partial charge in [0, 0.05) is 44.6 Å². The molecule has 22 heavy (non-hydrogen) atoms. The van der Waals surface area contributed by atoms with Gasteiger partial charge in [0.1, 0.15) is 0 Å². The van der Waals surface area contributed by atoms with Crippen LogP contribution in [0.5, 0.6) is 0 Å². The molecular weight excluding hydrogens is 276 g/mol. The Labute approximate surface area is 134 Å². The Morgan fingerprint density at radius 1 is 1.23 bits per heavy atom. The molecule has 0 radical (unpaired) electrons. The van der Waals surface area contributed by atoms with Crippen LogP contribution in [0.3, 0.4) is 0 Å². The van der Waals surface area contributed by atoms with E-state index in [0.29, 0.717) is 12.1 Å². The van der Waals surface area contributed by atoms with E-state index in [-0.39, 0.29) is 6.10 Å². The third kappa shape index (κ3) is 4.97. The zero-order valence-corrected chi connectivity index (χ0v) is 14.1. The minimum Gasteiger partial charge on any atom is -0.393 e. The minimum atomic E-state index is -0.117. The number of nitrogens with one attached hydrogen (secondary N) is 1. The van der Waals surface area contributed by atoms with E-state index in [1.54, 1.807) is 7.11 Å². The number of hydrogen-bond donors (Lipinski definition) is 2. The first-order chi connectivity index (χ1) is 10.6. The van der Waals surface area contributed by atoms with E-state index in [4.69, 9.17) is 4.74 Å². The Kier molecular flexibility index (Phi) is 6.68. The van der Waals surface area contributed by atoms with E-state index in [1.807, 2.05) is 0 Å². The summed E-state index contributed by atoms with van der Waals surface area (Å²) in [5.41, 5.74) is 2.57. The van der Waals surface area contributed by atoms with Crippen molar-refractivity contribution in [1.82, 2.24) is 5.32 Å². The smallest absolute Gasteiger partial charge is 0.0574 e. The molecule has 4 heteroatoms. The summed E-state index contributed by atoms with van der Waals surface area (Å²) in [7, 11) is 1.74. The van der Waals surface area contributed by atoms with E-state index in [1.165, 1.54) is 11.3 Å². The van der Waals surface area contributed by atoms with E-state index >= 15 is 0 Å². The highest BCUT2D eigenvalue weighted by atomic mass is 16.5. The Morgan fingerprint density at radius 3 is 2.45 bits per heavy atom. The van der Waals surface area contributed by atoms with Gasteiger partial charge in [0.2, 0.25) is 0 Å². The minimum absolute atomic E-state index is 0.117. The monoisotopic (exact) mass is 306 g/mol. The second-order valence-electron chi connectivity index (χ2n) is 6.38. The summed E-state index contributed by atoms with van der Waals surface area (Å²) in [6, 6.07) is 9.60. The molecule has 1 saturated heterocycles. The number of nitrogens with zero attached hydrogens (tertiary/aromatic N) is 1. The summed E-state index contributed by atoms with van der Waals surface area (Å²) in [6.45, 7) is 7.09. The van der Waals surface area contributed by atoms with Crippen molar-refractivity contribution in [2.45, 2.75) is 51.3 Å². The van der Waals surface area contributed by atoms with E-state index < -0.39 is 0 Å². The standard InChI is InChI=1S/C18H30N2O2/c1-14(10-13-22-3)19-15(2)16-4-6-17(7-5-16)20-11-8-18(21)9-12-20/h4-7,14-15,18-19,21H,8-13H2,1-3H3.